The highest BCUT2D eigenvalue weighted by Crippen LogP contribution is 2.24. The van der Waals surface area contributed by atoms with Crippen molar-refractivity contribution in [2.45, 2.75) is 52.4 Å². The lowest BCUT2D eigenvalue weighted by molar-refractivity contribution is -0.137. The summed E-state index contributed by atoms with van der Waals surface area (Å²) in [6.45, 7) is 6.85. The van der Waals surface area contributed by atoms with Crippen LogP contribution >= 0.6 is 0 Å². The second-order valence-electron chi connectivity index (χ2n) is 6.00. The summed E-state index contributed by atoms with van der Waals surface area (Å²) in [5, 5.41) is 11.4. The fourth-order valence-electron chi connectivity index (χ4n) is 2.65. The second kappa shape index (κ2) is 8.82. The molecule has 2 N–H and O–H groups in total. The third-order valence-electron chi connectivity index (χ3n) is 4.11. The van der Waals surface area contributed by atoms with Gasteiger partial charge in [0.1, 0.15) is 0 Å². The zero-order chi connectivity index (χ0) is 15.0. The number of hydrogen-bond donors (Lipinski definition) is 2. The Kier molecular flexibility index (Phi) is 7.41. The Balaban J connectivity index is 2.07. The first-order chi connectivity index (χ1) is 9.50. The Morgan fingerprint density at radius 3 is 2.40 bits per heavy atom. The van der Waals surface area contributed by atoms with Gasteiger partial charge in [-0.15, -0.1) is 0 Å². The lowest BCUT2D eigenvalue weighted by Gasteiger charge is -2.33. The van der Waals surface area contributed by atoms with Crippen molar-refractivity contribution in [2.75, 3.05) is 19.6 Å². The molecule has 0 bridgehead atoms. The smallest absolute Gasteiger partial charge is 0.317 e. The number of aliphatic carboxylic acids is 1. The van der Waals surface area contributed by atoms with Crippen molar-refractivity contribution >= 4 is 12.0 Å². The van der Waals surface area contributed by atoms with Crippen LogP contribution in [0.4, 0.5) is 4.79 Å². The molecule has 0 unspecified atom stereocenters. The van der Waals surface area contributed by atoms with E-state index in [1.165, 1.54) is 0 Å². The number of unbranched alkanes of at least 4 members (excludes halogenated alkanes) is 2. The molecule has 0 aromatic carbocycles. The molecule has 1 saturated heterocycles. The van der Waals surface area contributed by atoms with E-state index in [-0.39, 0.29) is 12.5 Å². The quantitative estimate of drug-likeness (QED) is 0.706. The minimum Gasteiger partial charge on any atom is -0.481 e. The highest BCUT2D eigenvalue weighted by Gasteiger charge is 2.24. The van der Waals surface area contributed by atoms with Crippen molar-refractivity contribution < 1.29 is 14.7 Å². The lowest BCUT2D eigenvalue weighted by Crippen LogP contribution is -2.45. The summed E-state index contributed by atoms with van der Waals surface area (Å²) in [5.41, 5.74) is 0. The number of carboxylic acid groups (broad SMARTS) is 1. The Hall–Kier alpha value is -1.26. The van der Waals surface area contributed by atoms with Gasteiger partial charge in [0.15, 0.2) is 0 Å². The molecule has 1 heterocycles. The van der Waals surface area contributed by atoms with Crippen LogP contribution in [0.1, 0.15) is 52.4 Å². The maximum atomic E-state index is 11.9. The number of carboxylic acids is 1. The van der Waals surface area contributed by atoms with Gasteiger partial charge in [-0.1, -0.05) is 20.3 Å². The van der Waals surface area contributed by atoms with Crippen molar-refractivity contribution in [2.24, 2.45) is 11.8 Å². The molecule has 1 aliphatic heterocycles. The zero-order valence-corrected chi connectivity index (χ0v) is 12.7. The van der Waals surface area contributed by atoms with Crippen LogP contribution < -0.4 is 5.32 Å². The summed E-state index contributed by atoms with van der Waals surface area (Å²) < 4.78 is 0. The van der Waals surface area contributed by atoms with E-state index >= 15 is 0 Å². The van der Waals surface area contributed by atoms with Crippen LogP contribution in [0.15, 0.2) is 0 Å². The number of amides is 2. The summed E-state index contributed by atoms with van der Waals surface area (Å²) in [6, 6.07) is 0.0328. The molecular weight excluding hydrogens is 256 g/mol. The van der Waals surface area contributed by atoms with Gasteiger partial charge in [-0.2, -0.15) is 0 Å². The Bertz CT molecular complexity index is 310. The number of hydrogen-bond acceptors (Lipinski definition) is 2. The average Bonchev–Trinajstić information content (AvgIpc) is 2.42. The van der Waals surface area contributed by atoms with Crippen molar-refractivity contribution in [3.05, 3.63) is 0 Å². The molecule has 20 heavy (non-hydrogen) atoms. The molecular formula is C15H28N2O3. The Morgan fingerprint density at radius 2 is 1.85 bits per heavy atom. The predicted octanol–water partition coefficient (Wildman–Crippen LogP) is 2.71. The molecule has 0 spiro atoms. The molecule has 0 aliphatic carbocycles. The van der Waals surface area contributed by atoms with Crippen LogP contribution in [0.5, 0.6) is 0 Å². The van der Waals surface area contributed by atoms with Crippen LogP contribution in [-0.2, 0) is 4.79 Å². The molecule has 0 radical (unpaired) electrons. The zero-order valence-electron chi connectivity index (χ0n) is 12.7. The Labute approximate surface area is 121 Å². The maximum Gasteiger partial charge on any atom is 0.317 e. The average molecular weight is 284 g/mol. The third kappa shape index (κ3) is 6.26. The van der Waals surface area contributed by atoms with Gasteiger partial charge >= 0.3 is 12.0 Å². The van der Waals surface area contributed by atoms with Crippen molar-refractivity contribution in [3.63, 3.8) is 0 Å². The first-order valence-electron chi connectivity index (χ1n) is 7.75. The first kappa shape index (κ1) is 16.8. The minimum absolute atomic E-state index is 0.0328. The fraction of sp³-hybridized carbons (Fsp3) is 0.867. The second-order valence-corrected chi connectivity index (χ2v) is 6.00. The highest BCUT2D eigenvalue weighted by molar-refractivity contribution is 5.74. The van der Waals surface area contributed by atoms with Gasteiger partial charge < -0.3 is 15.3 Å². The molecule has 0 aromatic heterocycles. The molecule has 1 rings (SSSR count). The van der Waals surface area contributed by atoms with E-state index in [1.807, 2.05) is 4.90 Å². The number of carbonyl (C=O) groups excluding carboxylic acids is 1. The summed E-state index contributed by atoms with van der Waals surface area (Å²) in [7, 11) is 0. The normalized spacial score (nSPS) is 16.4. The van der Waals surface area contributed by atoms with Gasteiger partial charge in [-0.05, 0) is 37.5 Å². The SMILES string of the molecule is CC(C)C1CCN(C(=O)NCCCCCC(=O)O)CC1. The number of carbonyl (C=O) groups is 2. The van der Waals surface area contributed by atoms with E-state index in [9.17, 15) is 9.59 Å². The van der Waals surface area contributed by atoms with Gasteiger partial charge in [0.2, 0.25) is 0 Å². The van der Waals surface area contributed by atoms with Gasteiger partial charge in [0.05, 0.1) is 0 Å². The van der Waals surface area contributed by atoms with Crippen LogP contribution in [0.3, 0.4) is 0 Å². The summed E-state index contributed by atoms with van der Waals surface area (Å²) in [6.07, 6.45) is 4.80. The lowest BCUT2D eigenvalue weighted by atomic mass is 9.87. The summed E-state index contributed by atoms with van der Waals surface area (Å²) in [5.74, 6) is 0.701. The summed E-state index contributed by atoms with van der Waals surface area (Å²) >= 11 is 0. The van der Waals surface area contributed by atoms with Crippen LogP contribution in [0.2, 0.25) is 0 Å². The topological polar surface area (TPSA) is 69.6 Å². The fourth-order valence-corrected chi connectivity index (χ4v) is 2.65. The molecule has 1 fully saturated rings. The Morgan fingerprint density at radius 1 is 1.20 bits per heavy atom. The monoisotopic (exact) mass is 284 g/mol. The number of urea groups is 1. The van der Waals surface area contributed by atoms with Crippen LogP contribution in [-0.4, -0.2) is 41.6 Å². The van der Waals surface area contributed by atoms with Gasteiger partial charge in [0.25, 0.3) is 0 Å². The number of rotatable bonds is 7. The van der Waals surface area contributed by atoms with E-state index in [0.717, 1.165) is 44.7 Å². The number of likely N-dealkylation sites (tertiary alicyclic amines) is 1. The molecule has 0 aromatic rings. The number of nitrogens with zero attached hydrogens (tertiary/aromatic N) is 1. The van der Waals surface area contributed by atoms with E-state index in [1.54, 1.807) is 0 Å². The van der Waals surface area contributed by atoms with Crippen molar-refractivity contribution in [1.82, 2.24) is 10.2 Å². The molecule has 0 saturated carbocycles. The van der Waals surface area contributed by atoms with E-state index < -0.39 is 5.97 Å². The molecule has 5 nitrogen and oxygen atoms in total. The molecule has 0 atom stereocenters. The molecule has 116 valence electrons. The standard InChI is InChI=1S/C15H28N2O3/c1-12(2)13-7-10-17(11-8-13)15(20)16-9-5-3-4-6-14(18)19/h12-13H,3-11H2,1-2H3,(H,16,20)(H,18,19). The third-order valence-corrected chi connectivity index (χ3v) is 4.11. The molecule has 2 amide bonds. The largest absolute Gasteiger partial charge is 0.481 e. The van der Waals surface area contributed by atoms with Gasteiger partial charge in [-0.25, -0.2) is 4.79 Å². The van der Waals surface area contributed by atoms with E-state index in [4.69, 9.17) is 5.11 Å². The van der Waals surface area contributed by atoms with Gasteiger partial charge in [-0.3, -0.25) is 4.79 Å². The van der Waals surface area contributed by atoms with Crippen molar-refractivity contribution in [1.29, 1.82) is 0 Å². The summed E-state index contributed by atoms with van der Waals surface area (Å²) in [4.78, 5) is 24.2. The molecule has 1 aliphatic rings. The van der Waals surface area contributed by atoms with Crippen LogP contribution in [0, 0.1) is 11.8 Å². The number of nitrogens with one attached hydrogen (secondary N) is 1. The molecule has 5 heteroatoms. The van der Waals surface area contributed by atoms with Crippen molar-refractivity contribution in [3.8, 4) is 0 Å². The van der Waals surface area contributed by atoms with Gasteiger partial charge in [0, 0.05) is 26.1 Å². The predicted molar refractivity (Wildman–Crippen MR) is 78.6 cm³/mol. The van der Waals surface area contributed by atoms with Crippen LogP contribution in [0.25, 0.3) is 0 Å². The van der Waals surface area contributed by atoms with E-state index in [2.05, 4.69) is 19.2 Å². The first-order valence-corrected chi connectivity index (χ1v) is 7.75. The minimum atomic E-state index is -0.748. The number of piperidine rings is 1. The van der Waals surface area contributed by atoms with E-state index in [0.29, 0.717) is 18.9 Å². The maximum absolute atomic E-state index is 11.9. The highest BCUT2D eigenvalue weighted by atomic mass is 16.4.